The van der Waals surface area contributed by atoms with Crippen LogP contribution in [0.1, 0.15) is 90.9 Å². The summed E-state index contributed by atoms with van der Waals surface area (Å²) >= 11 is 0. The number of amides is 2. The van der Waals surface area contributed by atoms with Gasteiger partial charge < -0.3 is 41.0 Å². The van der Waals surface area contributed by atoms with Crippen molar-refractivity contribution >= 4 is 47.7 Å². The van der Waals surface area contributed by atoms with Gasteiger partial charge in [-0.1, -0.05) is 50.2 Å². The van der Waals surface area contributed by atoms with E-state index >= 15 is 0 Å². The van der Waals surface area contributed by atoms with Crippen molar-refractivity contribution in [3.63, 3.8) is 0 Å². The molecule has 0 radical (unpaired) electrons. The van der Waals surface area contributed by atoms with Crippen LogP contribution in [0.3, 0.4) is 0 Å². The molecule has 2 aliphatic heterocycles. The standard InChI is InChI=1S/C41H46N6O5.C2H7N.C2H6/c1-27-19-31(12-13-34(27)40(52)47(26-50)32(23-49)5-4-18-48)46-24-41(25-46)21-33(22-41)45-16-14-29(15-17-45)28-8-10-30(11-9-28)36(39(43)44)20-37(42)35-6-2-3-7-38(35)51;1-3-2;1-2/h2-3,6-13,18-20,23,26,29,32-33,42,51H,4-5,14-17,21-22,24-25H2,1H3,(H3,43,44);3H,1-2H3;1-2H3/b36-20-,42-37?;;. The molecule has 304 valence electrons. The van der Waals surface area contributed by atoms with Crippen molar-refractivity contribution < 1.29 is 24.3 Å². The van der Waals surface area contributed by atoms with Crippen molar-refractivity contribution in [3.05, 3.63) is 101 Å². The number of phenolic OH excluding ortho intramolecular Hbond substituents is 1. The Hall–Kier alpha value is -5.46. The largest absolute Gasteiger partial charge is 0.507 e. The molecule has 3 aromatic rings. The number of phenols is 1. The second-order valence-electron chi connectivity index (χ2n) is 15.0. The van der Waals surface area contributed by atoms with Gasteiger partial charge in [-0.3, -0.25) is 19.9 Å². The number of nitrogens with one attached hydrogen (secondary N) is 3. The molecule has 0 aromatic heterocycles. The number of nitrogens with two attached hydrogens (primary N) is 1. The summed E-state index contributed by atoms with van der Waals surface area (Å²) in [6, 6.07) is 20.0. The third-order valence-electron chi connectivity index (χ3n) is 11.2. The monoisotopic (exact) mass is 777 g/mol. The van der Waals surface area contributed by atoms with Crippen molar-refractivity contribution in [1.82, 2.24) is 15.1 Å². The fraction of sp³-hybridized carbons (Fsp3) is 0.422. The van der Waals surface area contributed by atoms with Gasteiger partial charge in [0.2, 0.25) is 6.41 Å². The summed E-state index contributed by atoms with van der Waals surface area (Å²) < 4.78 is 0. The van der Waals surface area contributed by atoms with E-state index in [2.05, 4.69) is 27.2 Å². The number of aromatic hydroxyl groups is 1. The minimum atomic E-state index is -0.968. The van der Waals surface area contributed by atoms with Crippen LogP contribution >= 0.6 is 0 Å². The number of anilines is 1. The van der Waals surface area contributed by atoms with Crippen LogP contribution < -0.4 is 16.0 Å². The molecule has 3 fully saturated rings. The van der Waals surface area contributed by atoms with Crippen LogP contribution in [0.5, 0.6) is 5.75 Å². The Morgan fingerprint density at radius 1 is 0.982 bits per heavy atom. The fourth-order valence-electron chi connectivity index (χ4n) is 8.19. The van der Waals surface area contributed by atoms with E-state index in [4.69, 9.17) is 16.6 Å². The van der Waals surface area contributed by atoms with Crippen molar-refractivity contribution in [3.8, 4) is 5.75 Å². The number of nitrogens with zero attached hydrogens (tertiary/aromatic N) is 3. The Labute approximate surface area is 337 Å². The third-order valence-corrected chi connectivity index (χ3v) is 11.2. The molecule has 2 saturated heterocycles. The lowest BCUT2D eigenvalue weighted by Crippen LogP contribution is -2.67. The van der Waals surface area contributed by atoms with Crippen molar-refractivity contribution in [1.29, 1.82) is 10.8 Å². The molecule has 12 nitrogen and oxygen atoms in total. The van der Waals surface area contributed by atoms with Crippen LogP contribution in [0.2, 0.25) is 0 Å². The molecule has 57 heavy (non-hydrogen) atoms. The Morgan fingerprint density at radius 3 is 2.16 bits per heavy atom. The summed E-state index contributed by atoms with van der Waals surface area (Å²) in [5.41, 5.74) is 11.3. The number of allylic oxidation sites excluding steroid dienone is 1. The van der Waals surface area contributed by atoms with E-state index < -0.39 is 11.9 Å². The molecule has 6 rings (SSSR count). The van der Waals surface area contributed by atoms with Gasteiger partial charge in [-0.15, -0.1) is 0 Å². The first-order valence-corrected chi connectivity index (χ1v) is 19.9. The number of aldehydes is 2. The maximum Gasteiger partial charge on any atom is 0.261 e. The minimum Gasteiger partial charge on any atom is -0.507 e. The molecule has 2 amide bonds. The van der Waals surface area contributed by atoms with Crippen LogP contribution in [-0.4, -0.2) is 104 Å². The zero-order valence-corrected chi connectivity index (χ0v) is 34.0. The molecule has 6 N–H and O–H groups in total. The van der Waals surface area contributed by atoms with Gasteiger partial charge in [0.15, 0.2) is 0 Å². The normalized spacial score (nSPS) is 17.0. The molecule has 1 spiro atoms. The summed E-state index contributed by atoms with van der Waals surface area (Å²) in [6.45, 7) is 9.89. The number of para-hydroxylation sites is 1. The summed E-state index contributed by atoms with van der Waals surface area (Å²) in [7, 11) is 3.75. The smallest absolute Gasteiger partial charge is 0.261 e. The Kier molecular flexibility index (Phi) is 16.0. The zero-order valence-electron chi connectivity index (χ0n) is 34.0. The first-order chi connectivity index (χ1) is 27.5. The molecule has 1 atom stereocenters. The van der Waals surface area contributed by atoms with E-state index in [-0.39, 0.29) is 30.1 Å². The predicted molar refractivity (Wildman–Crippen MR) is 227 cm³/mol. The molecule has 0 bridgehead atoms. The Morgan fingerprint density at radius 2 is 1.61 bits per heavy atom. The zero-order chi connectivity index (χ0) is 41.7. The first kappa shape index (κ1) is 44.3. The number of hydrogen-bond donors (Lipinski definition) is 5. The average molecular weight is 778 g/mol. The first-order valence-electron chi connectivity index (χ1n) is 19.9. The second kappa shape index (κ2) is 20.6. The topological polar surface area (TPSA) is 184 Å². The van der Waals surface area contributed by atoms with Crippen LogP contribution in [0, 0.1) is 23.2 Å². The lowest BCUT2D eigenvalue weighted by atomic mass is 9.60. The summed E-state index contributed by atoms with van der Waals surface area (Å²) in [6.07, 6.45) is 7.83. The Balaban J connectivity index is 0.00000137. The van der Waals surface area contributed by atoms with E-state index in [9.17, 15) is 24.3 Å². The molecule has 1 aliphatic carbocycles. The number of benzene rings is 3. The van der Waals surface area contributed by atoms with Gasteiger partial charge in [-0.2, -0.15) is 0 Å². The lowest BCUT2D eigenvalue weighted by Gasteiger charge is -2.62. The van der Waals surface area contributed by atoms with E-state index in [1.54, 1.807) is 24.3 Å². The van der Waals surface area contributed by atoms with Crippen molar-refractivity contribution in [2.45, 2.75) is 77.3 Å². The van der Waals surface area contributed by atoms with Gasteiger partial charge in [0.25, 0.3) is 5.91 Å². The number of likely N-dealkylation sites (tertiary alicyclic amines) is 1. The van der Waals surface area contributed by atoms with Gasteiger partial charge in [-0.05, 0) is 125 Å². The van der Waals surface area contributed by atoms with Crippen LogP contribution in [-0.2, 0) is 14.4 Å². The summed E-state index contributed by atoms with van der Waals surface area (Å²) in [5, 5.41) is 29.5. The molecule has 12 heteroatoms. The van der Waals surface area contributed by atoms with E-state index in [0.717, 1.165) is 60.7 Å². The highest BCUT2D eigenvalue weighted by Gasteiger charge is 2.54. The van der Waals surface area contributed by atoms with Crippen molar-refractivity contribution in [2.24, 2.45) is 11.1 Å². The van der Waals surface area contributed by atoms with E-state index in [0.29, 0.717) is 53.1 Å². The lowest BCUT2D eigenvalue weighted by molar-refractivity contribution is -0.123. The molecule has 3 aromatic carbocycles. The maximum absolute atomic E-state index is 13.1. The van der Waals surface area contributed by atoms with E-state index in [1.807, 2.05) is 59.1 Å². The quantitative estimate of drug-likeness (QED) is 0.0751. The van der Waals surface area contributed by atoms with Gasteiger partial charge in [0.1, 0.15) is 24.2 Å². The number of amidine groups is 1. The fourth-order valence-corrected chi connectivity index (χ4v) is 8.19. The highest BCUT2D eigenvalue weighted by Crippen LogP contribution is 2.52. The molecule has 1 unspecified atom stereocenters. The van der Waals surface area contributed by atoms with Gasteiger partial charge >= 0.3 is 0 Å². The molecular weight excluding hydrogens is 719 g/mol. The number of carbonyl (C=O) groups is 4. The molecule has 3 aliphatic rings. The van der Waals surface area contributed by atoms with Crippen LogP contribution in [0.15, 0.2) is 72.8 Å². The number of rotatable bonds is 14. The highest BCUT2D eigenvalue weighted by molar-refractivity contribution is 6.27. The second-order valence-corrected chi connectivity index (χ2v) is 15.0. The molecular formula is C45H59N7O5. The number of imide groups is 1. The van der Waals surface area contributed by atoms with Crippen LogP contribution in [0.25, 0.3) is 5.57 Å². The number of hydrogen-bond acceptors (Lipinski definition) is 10. The summed E-state index contributed by atoms with van der Waals surface area (Å²) in [5.74, 6) is -0.197. The number of carbonyl (C=O) groups excluding carboxylic acids is 4. The predicted octanol–water partition coefficient (Wildman–Crippen LogP) is 5.94. The third kappa shape index (κ3) is 10.5. The number of aryl methyl sites for hydroxylation is 1. The highest BCUT2D eigenvalue weighted by atomic mass is 16.3. The summed E-state index contributed by atoms with van der Waals surface area (Å²) in [4.78, 5) is 53.0. The Bertz CT molecular complexity index is 1900. The number of piperidine rings is 1. The molecule has 2 heterocycles. The maximum atomic E-state index is 13.1. The van der Waals surface area contributed by atoms with Gasteiger partial charge in [-0.25, -0.2) is 0 Å². The van der Waals surface area contributed by atoms with Crippen LogP contribution in [0.4, 0.5) is 5.69 Å². The van der Waals surface area contributed by atoms with Crippen molar-refractivity contribution in [2.75, 3.05) is 45.2 Å². The van der Waals surface area contributed by atoms with Gasteiger partial charge in [0.05, 0.1) is 11.8 Å². The SMILES string of the molecule is CC.CNC.Cc1cc(N2CC3(CC(N4CCC(c5ccc(/C(=C/C(=N)c6ccccc6O)C(=N)N)cc5)CC4)C3)C2)ccc1C(=O)N(C=O)C(C=O)CCC=O. The minimum absolute atomic E-state index is 0.0127. The van der Waals surface area contributed by atoms with E-state index in [1.165, 1.54) is 30.5 Å². The van der Waals surface area contributed by atoms with Gasteiger partial charge in [0, 0.05) is 53.4 Å². The average Bonchev–Trinajstić information content (AvgIpc) is 3.18. The molecule has 1 saturated carbocycles.